The number of para-hydroxylation sites is 1. The predicted molar refractivity (Wildman–Crippen MR) is 127 cm³/mol. The molecule has 0 fully saturated rings. The molecule has 0 bridgehead atoms. The van der Waals surface area contributed by atoms with Gasteiger partial charge in [-0.05, 0) is 36.2 Å². The summed E-state index contributed by atoms with van der Waals surface area (Å²) in [6.45, 7) is 2.96. The van der Waals surface area contributed by atoms with E-state index in [2.05, 4.69) is 5.32 Å². The summed E-state index contributed by atoms with van der Waals surface area (Å²) >= 11 is 12.4. The smallest absolute Gasteiger partial charge is 0.322 e. The van der Waals surface area contributed by atoms with Crippen LogP contribution in [-0.4, -0.2) is 34.8 Å². The highest BCUT2D eigenvalue weighted by atomic mass is 35.5. The van der Waals surface area contributed by atoms with E-state index in [9.17, 15) is 9.59 Å². The van der Waals surface area contributed by atoms with E-state index in [0.717, 1.165) is 5.56 Å². The van der Waals surface area contributed by atoms with Crippen molar-refractivity contribution in [2.24, 2.45) is 0 Å². The van der Waals surface area contributed by atoms with Crippen molar-refractivity contribution in [2.45, 2.75) is 26.4 Å². The molecule has 0 radical (unpaired) electrons. The average Bonchev–Trinajstić information content (AvgIpc) is 3.29. The van der Waals surface area contributed by atoms with E-state index in [1.54, 1.807) is 35.4 Å². The van der Waals surface area contributed by atoms with Crippen molar-refractivity contribution in [1.82, 2.24) is 9.80 Å². The van der Waals surface area contributed by atoms with Crippen molar-refractivity contribution < 1.29 is 14.0 Å². The van der Waals surface area contributed by atoms with Crippen LogP contribution in [0.5, 0.6) is 0 Å². The van der Waals surface area contributed by atoms with Gasteiger partial charge in [-0.15, -0.1) is 0 Å². The summed E-state index contributed by atoms with van der Waals surface area (Å²) in [5, 5.41) is 3.40. The van der Waals surface area contributed by atoms with Crippen LogP contribution < -0.4 is 5.32 Å². The monoisotopic (exact) mass is 473 g/mol. The summed E-state index contributed by atoms with van der Waals surface area (Å²) in [6, 6.07) is 17.8. The van der Waals surface area contributed by atoms with E-state index < -0.39 is 6.03 Å². The summed E-state index contributed by atoms with van der Waals surface area (Å²) < 4.78 is 5.44. The molecule has 0 aliphatic carbocycles. The zero-order chi connectivity index (χ0) is 22.9. The zero-order valence-corrected chi connectivity index (χ0v) is 19.3. The Bertz CT molecular complexity index is 1010. The molecule has 1 N–H and O–H groups in total. The molecule has 3 amide bonds. The van der Waals surface area contributed by atoms with Crippen molar-refractivity contribution in [2.75, 3.05) is 18.4 Å². The minimum absolute atomic E-state index is 0.0880. The molecule has 0 spiro atoms. The van der Waals surface area contributed by atoms with Crippen molar-refractivity contribution in [3.8, 4) is 0 Å². The minimum Gasteiger partial charge on any atom is -0.467 e. The molecule has 0 aliphatic rings. The topological polar surface area (TPSA) is 65.8 Å². The second-order valence-electron chi connectivity index (χ2n) is 7.26. The van der Waals surface area contributed by atoms with Crippen molar-refractivity contribution in [1.29, 1.82) is 0 Å². The molecule has 32 heavy (non-hydrogen) atoms. The van der Waals surface area contributed by atoms with E-state index in [4.69, 9.17) is 27.6 Å². The molecule has 0 atom stereocenters. The van der Waals surface area contributed by atoms with Crippen LogP contribution in [0.3, 0.4) is 0 Å². The zero-order valence-electron chi connectivity index (χ0n) is 17.8. The molecule has 2 aromatic carbocycles. The number of hydrogen-bond donors (Lipinski definition) is 1. The van der Waals surface area contributed by atoms with E-state index in [0.29, 0.717) is 47.5 Å². The molecular weight excluding hydrogens is 449 g/mol. The number of rotatable bonds is 9. The summed E-state index contributed by atoms with van der Waals surface area (Å²) in [7, 11) is 0. The van der Waals surface area contributed by atoms with Crippen LogP contribution in [0.1, 0.15) is 24.7 Å². The van der Waals surface area contributed by atoms with Gasteiger partial charge in [-0.2, -0.15) is 0 Å². The largest absolute Gasteiger partial charge is 0.467 e. The fraction of sp³-hybridized carbons (Fsp3) is 0.250. The second-order valence-corrected chi connectivity index (χ2v) is 8.08. The molecule has 0 saturated carbocycles. The number of nitrogens with zero attached hydrogens (tertiary/aromatic N) is 2. The normalized spacial score (nSPS) is 10.6. The first-order valence-electron chi connectivity index (χ1n) is 10.3. The van der Waals surface area contributed by atoms with Gasteiger partial charge in [-0.3, -0.25) is 4.79 Å². The molecule has 0 saturated heterocycles. The van der Waals surface area contributed by atoms with Crippen LogP contribution in [0.4, 0.5) is 10.5 Å². The van der Waals surface area contributed by atoms with Gasteiger partial charge in [0.15, 0.2) is 0 Å². The highest BCUT2D eigenvalue weighted by molar-refractivity contribution is 6.39. The van der Waals surface area contributed by atoms with Gasteiger partial charge in [0.05, 0.1) is 28.5 Å². The van der Waals surface area contributed by atoms with Gasteiger partial charge in [-0.1, -0.05) is 66.5 Å². The van der Waals surface area contributed by atoms with Crippen LogP contribution >= 0.6 is 23.2 Å². The summed E-state index contributed by atoms with van der Waals surface area (Å²) in [5.41, 5.74) is 1.31. The number of amides is 3. The van der Waals surface area contributed by atoms with Crippen molar-refractivity contribution in [3.63, 3.8) is 0 Å². The third kappa shape index (κ3) is 6.52. The number of urea groups is 1. The second kappa shape index (κ2) is 11.6. The standard InChI is InChI=1S/C24H25Cl2N3O3/c1-2-13-28(24(31)27-23-20(25)11-6-12-21(23)26)17-22(30)29(16-19-10-7-14-32-19)15-18-8-4-3-5-9-18/h3-12,14H,2,13,15-17H2,1H3,(H,27,31). The number of furan rings is 1. The van der Waals surface area contributed by atoms with Gasteiger partial charge in [0.2, 0.25) is 5.91 Å². The molecule has 168 valence electrons. The fourth-order valence-corrected chi connectivity index (χ4v) is 3.71. The average molecular weight is 474 g/mol. The molecule has 0 unspecified atom stereocenters. The van der Waals surface area contributed by atoms with Gasteiger partial charge < -0.3 is 19.5 Å². The molecule has 0 aliphatic heterocycles. The van der Waals surface area contributed by atoms with Gasteiger partial charge >= 0.3 is 6.03 Å². The Kier molecular flexibility index (Phi) is 8.59. The first-order chi connectivity index (χ1) is 15.5. The van der Waals surface area contributed by atoms with Crippen LogP contribution in [0.25, 0.3) is 0 Å². The van der Waals surface area contributed by atoms with E-state index in [-0.39, 0.29) is 12.5 Å². The van der Waals surface area contributed by atoms with E-state index in [1.807, 2.05) is 43.3 Å². The number of hydrogen-bond acceptors (Lipinski definition) is 3. The summed E-state index contributed by atoms with van der Waals surface area (Å²) in [5.74, 6) is 0.475. The number of benzene rings is 2. The number of anilines is 1. The maximum Gasteiger partial charge on any atom is 0.322 e. The predicted octanol–water partition coefficient (Wildman–Crippen LogP) is 6.06. The lowest BCUT2D eigenvalue weighted by molar-refractivity contribution is -0.133. The SMILES string of the molecule is CCCN(CC(=O)N(Cc1ccccc1)Cc1ccco1)C(=O)Nc1c(Cl)cccc1Cl. The Morgan fingerprint density at radius 2 is 1.62 bits per heavy atom. The number of halogens is 2. The highest BCUT2D eigenvalue weighted by Crippen LogP contribution is 2.30. The third-order valence-electron chi connectivity index (χ3n) is 4.80. The van der Waals surface area contributed by atoms with Gasteiger partial charge in [0.25, 0.3) is 0 Å². The Labute approximate surface area is 197 Å². The van der Waals surface area contributed by atoms with Crippen LogP contribution in [-0.2, 0) is 17.9 Å². The lowest BCUT2D eigenvalue weighted by atomic mass is 10.2. The van der Waals surface area contributed by atoms with Crippen molar-refractivity contribution in [3.05, 3.63) is 88.3 Å². The number of nitrogens with one attached hydrogen (secondary N) is 1. The molecular formula is C24H25Cl2N3O3. The molecule has 3 rings (SSSR count). The van der Waals surface area contributed by atoms with Crippen LogP contribution in [0, 0.1) is 0 Å². The molecule has 1 aromatic heterocycles. The molecule has 8 heteroatoms. The Hall–Kier alpha value is -2.96. The highest BCUT2D eigenvalue weighted by Gasteiger charge is 2.23. The molecule has 3 aromatic rings. The van der Waals surface area contributed by atoms with Gasteiger partial charge in [0, 0.05) is 13.1 Å². The summed E-state index contributed by atoms with van der Waals surface area (Å²) in [4.78, 5) is 29.3. The first-order valence-corrected chi connectivity index (χ1v) is 11.1. The maximum atomic E-state index is 13.3. The lowest BCUT2D eigenvalue weighted by Crippen LogP contribution is -2.44. The van der Waals surface area contributed by atoms with Crippen LogP contribution in [0.15, 0.2) is 71.3 Å². The summed E-state index contributed by atoms with van der Waals surface area (Å²) in [6.07, 6.45) is 2.26. The van der Waals surface area contributed by atoms with Gasteiger partial charge in [0.1, 0.15) is 12.3 Å². The fourth-order valence-electron chi connectivity index (χ4n) is 3.22. The third-order valence-corrected chi connectivity index (χ3v) is 5.43. The Balaban J connectivity index is 1.75. The number of carbonyl (C=O) groups is 2. The molecule has 1 heterocycles. The Morgan fingerprint density at radius 3 is 2.25 bits per heavy atom. The Morgan fingerprint density at radius 1 is 0.906 bits per heavy atom. The van der Waals surface area contributed by atoms with Crippen molar-refractivity contribution >= 4 is 40.8 Å². The maximum absolute atomic E-state index is 13.3. The van der Waals surface area contributed by atoms with Gasteiger partial charge in [-0.25, -0.2) is 4.79 Å². The first kappa shape index (κ1) is 23.7. The minimum atomic E-state index is -0.437. The van der Waals surface area contributed by atoms with Crippen LogP contribution in [0.2, 0.25) is 10.0 Å². The lowest BCUT2D eigenvalue weighted by Gasteiger charge is -2.27. The quantitative estimate of drug-likeness (QED) is 0.410. The molecule has 6 nitrogen and oxygen atoms in total. The van der Waals surface area contributed by atoms with E-state index >= 15 is 0 Å². The van der Waals surface area contributed by atoms with E-state index in [1.165, 1.54) is 4.90 Å². The number of carbonyl (C=O) groups excluding carboxylic acids is 2.